The van der Waals surface area contributed by atoms with Crippen molar-refractivity contribution >= 4 is 17.5 Å². The van der Waals surface area contributed by atoms with Crippen LogP contribution in [0.25, 0.3) is 0 Å². The Labute approximate surface area is 173 Å². The van der Waals surface area contributed by atoms with Gasteiger partial charge in [0.2, 0.25) is 18.6 Å². The van der Waals surface area contributed by atoms with E-state index in [1.54, 1.807) is 18.2 Å². The van der Waals surface area contributed by atoms with Crippen molar-refractivity contribution < 1.29 is 28.9 Å². The highest BCUT2D eigenvalue weighted by atomic mass is 16.7. The first-order chi connectivity index (χ1) is 14.5. The molecule has 30 heavy (non-hydrogen) atoms. The summed E-state index contributed by atoms with van der Waals surface area (Å²) in [5.74, 6) is -0.177. The van der Waals surface area contributed by atoms with Gasteiger partial charge in [0.25, 0.3) is 0 Å². The second-order valence-corrected chi connectivity index (χ2v) is 7.87. The summed E-state index contributed by atoms with van der Waals surface area (Å²) in [6, 6.07) is 12.6. The number of rotatable bonds is 4. The van der Waals surface area contributed by atoms with E-state index in [2.05, 4.69) is 5.32 Å². The summed E-state index contributed by atoms with van der Waals surface area (Å²) in [6.07, 6.45) is 0.467. The molecule has 3 aliphatic rings. The maximum absolute atomic E-state index is 13.4. The highest BCUT2D eigenvalue weighted by Gasteiger charge is 2.55. The number of β-amino-alcohol motifs (C(OH)–C–C–N with tert-alkyl or cyclic N) is 1. The summed E-state index contributed by atoms with van der Waals surface area (Å²) < 4.78 is 16.8. The van der Waals surface area contributed by atoms with Crippen LogP contribution in [-0.2, 0) is 9.59 Å². The maximum Gasteiger partial charge on any atom is 0.238 e. The number of fused-ring (bicyclic) bond motifs is 5. The highest BCUT2D eigenvalue weighted by Crippen LogP contribution is 2.50. The summed E-state index contributed by atoms with van der Waals surface area (Å²) in [5.41, 5.74) is 0.464. The van der Waals surface area contributed by atoms with Crippen LogP contribution in [0.15, 0.2) is 42.5 Å². The number of nitrogens with zero attached hydrogens (tertiary/aromatic N) is 1. The van der Waals surface area contributed by atoms with E-state index in [1.807, 2.05) is 31.2 Å². The van der Waals surface area contributed by atoms with Gasteiger partial charge in [0.15, 0.2) is 17.2 Å². The molecule has 0 unspecified atom stereocenters. The fraction of sp³-hybridized carbons (Fsp3) is 0.364. The molecule has 3 heterocycles. The predicted molar refractivity (Wildman–Crippen MR) is 106 cm³/mol. The minimum atomic E-state index is -0.930. The Morgan fingerprint density at radius 1 is 1.20 bits per heavy atom. The van der Waals surface area contributed by atoms with Gasteiger partial charge in [-0.25, -0.2) is 0 Å². The van der Waals surface area contributed by atoms with Crippen LogP contribution in [0.4, 0.5) is 5.69 Å². The molecule has 0 spiro atoms. The number of piperidine rings is 1. The van der Waals surface area contributed by atoms with E-state index in [4.69, 9.17) is 14.2 Å². The number of ether oxygens (including phenoxy) is 3. The molecule has 8 nitrogen and oxygen atoms in total. The predicted octanol–water partition coefficient (Wildman–Crippen LogP) is 2.09. The van der Waals surface area contributed by atoms with Gasteiger partial charge < -0.3 is 29.5 Å². The highest BCUT2D eigenvalue weighted by molar-refractivity contribution is 6.08. The zero-order valence-corrected chi connectivity index (χ0v) is 16.5. The molecule has 2 aromatic carbocycles. The third-order valence-electron chi connectivity index (χ3n) is 6.00. The van der Waals surface area contributed by atoms with Crippen LogP contribution in [0.1, 0.15) is 24.8 Å². The first-order valence-corrected chi connectivity index (χ1v) is 9.91. The van der Waals surface area contributed by atoms with E-state index < -0.39 is 17.6 Å². The Balaban J connectivity index is 1.50. The summed E-state index contributed by atoms with van der Waals surface area (Å²) >= 11 is 0. The Bertz CT molecular complexity index is 1020. The van der Waals surface area contributed by atoms with E-state index >= 15 is 0 Å². The molecule has 2 N–H and O–H groups in total. The van der Waals surface area contributed by atoms with Crippen molar-refractivity contribution in [3.8, 4) is 17.2 Å². The van der Waals surface area contributed by atoms with Crippen LogP contribution >= 0.6 is 0 Å². The summed E-state index contributed by atoms with van der Waals surface area (Å²) in [6.45, 7) is 1.85. The lowest BCUT2D eigenvalue weighted by molar-refractivity contribution is -0.176. The Hall–Kier alpha value is -3.26. The lowest BCUT2D eigenvalue weighted by atomic mass is 9.73. The SMILES string of the molecule is C[C@@]12C[C@@H](c3ccccc3O1)[C@@H](C(=O)Nc1ccc3c(c1)OCO3)C(=O)N2CCO. The van der Waals surface area contributed by atoms with E-state index in [9.17, 15) is 14.7 Å². The average molecular weight is 410 g/mol. The lowest BCUT2D eigenvalue weighted by Gasteiger charge is -2.52. The quantitative estimate of drug-likeness (QED) is 0.750. The number of hydrogen-bond donors (Lipinski definition) is 2. The molecule has 0 aromatic heterocycles. The summed E-state index contributed by atoms with van der Waals surface area (Å²) in [4.78, 5) is 28.2. The molecule has 2 bridgehead atoms. The molecule has 0 aliphatic carbocycles. The fourth-order valence-electron chi connectivity index (χ4n) is 4.65. The zero-order valence-electron chi connectivity index (χ0n) is 16.5. The third-order valence-corrected chi connectivity index (χ3v) is 6.00. The normalized spacial score (nSPS) is 26.1. The molecule has 156 valence electrons. The van der Waals surface area contributed by atoms with Crippen molar-refractivity contribution in [2.45, 2.75) is 25.0 Å². The molecule has 2 aromatic rings. The number of nitrogens with one attached hydrogen (secondary N) is 1. The van der Waals surface area contributed by atoms with Crippen molar-refractivity contribution in [2.24, 2.45) is 5.92 Å². The van der Waals surface area contributed by atoms with Crippen molar-refractivity contribution in [3.63, 3.8) is 0 Å². The van der Waals surface area contributed by atoms with Crippen molar-refractivity contribution in [1.82, 2.24) is 4.90 Å². The molecule has 8 heteroatoms. The molecule has 3 aliphatic heterocycles. The van der Waals surface area contributed by atoms with Gasteiger partial charge in [-0.1, -0.05) is 18.2 Å². The van der Waals surface area contributed by atoms with Gasteiger partial charge >= 0.3 is 0 Å². The van der Waals surface area contributed by atoms with E-state index in [0.717, 1.165) is 5.56 Å². The number of carbonyl (C=O) groups excluding carboxylic acids is 2. The number of likely N-dealkylation sites (tertiary alicyclic amines) is 1. The van der Waals surface area contributed by atoms with Crippen LogP contribution in [0.3, 0.4) is 0 Å². The van der Waals surface area contributed by atoms with Gasteiger partial charge in [0.05, 0.1) is 6.61 Å². The fourth-order valence-corrected chi connectivity index (χ4v) is 4.65. The second-order valence-electron chi connectivity index (χ2n) is 7.87. The smallest absolute Gasteiger partial charge is 0.238 e. The van der Waals surface area contributed by atoms with Crippen LogP contribution < -0.4 is 19.5 Å². The second kappa shape index (κ2) is 6.91. The molecule has 2 amide bonds. The molecule has 3 atom stereocenters. The van der Waals surface area contributed by atoms with Gasteiger partial charge in [-0.15, -0.1) is 0 Å². The molecular formula is C22H22N2O6. The number of para-hydroxylation sites is 1. The molecule has 0 saturated carbocycles. The van der Waals surface area contributed by atoms with Gasteiger partial charge in [-0.2, -0.15) is 0 Å². The van der Waals surface area contributed by atoms with Crippen molar-refractivity contribution in [3.05, 3.63) is 48.0 Å². The van der Waals surface area contributed by atoms with Crippen LogP contribution in [0.2, 0.25) is 0 Å². The topological polar surface area (TPSA) is 97.3 Å². The number of amides is 2. The third kappa shape index (κ3) is 2.87. The number of carbonyl (C=O) groups is 2. The Morgan fingerprint density at radius 3 is 2.83 bits per heavy atom. The minimum Gasteiger partial charge on any atom is -0.468 e. The Kier molecular flexibility index (Phi) is 4.32. The molecular weight excluding hydrogens is 388 g/mol. The summed E-state index contributed by atoms with van der Waals surface area (Å²) in [7, 11) is 0. The standard InChI is InChI=1S/C22H22N2O6/c1-22-11-15(14-4-2-3-5-16(14)30-22)19(21(27)24(22)8-9-25)20(26)23-13-6-7-17-18(10-13)29-12-28-17/h2-7,10,15,19,25H,8-9,11-12H2,1H3,(H,23,26)/t15-,19-,22-/m0/s1. The van der Waals surface area contributed by atoms with Crippen LogP contribution in [0.5, 0.6) is 17.2 Å². The minimum absolute atomic E-state index is 0.0953. The molecule has 1 fully saturated rings. The maximum atomic E-state index is 13.4. The van der Waals surface area contributed by atoms with Gasteiger partial charge in [0, 0.05) is 30.6 Å². The Morgan fingerprint density at radius 2 is 2.00 bits per heavy atom. The van der Waals surface area contributed by atoms with Crippen LogP contribution in [-0.4, -0.2) is 47.5 Å². The first kappa shape index (κ1) is 18.7. The largest absolute Gasteiger partial charge is 0.468 e. The van der Waals surface area contributed by atoms with Gasteiger partial charge in [-0.3, -0.25) is 9.59 Å². The van der Waals surface area contributed by atoms with Gasteiger partial charge in [-0.05, 0) is 30.7 Å². The number of hydrogen-bond acceptors (Lipinski definition) is 6. The monoisotopic (exact) mass is 410 g/mol. The number of aliphatic hydroxyl groups is 1. The number of anilines is 1. The summed E-state index contributed by atoms with van der Waals surface area (Å²) in [5, 5.41) is 12.4. The number of aliphatic hydroxyl groups excluding tert-OH is 1. The van der Waals surface area contributed by atoms with E-state index in [1.165, 1.54) is 4.90 Å². The van der Waals surface area contributed by atoms with E-state index in [0.29, 0.717) is 29.4 Å². The zero-order chi connectivity index (χ0) is 20.9. The van der Waals surface area contributed by atoms with Crippen molar-refractivity contribution in [1.29, 1.82) is 0 Å². The number of benzene rings is 2. The lowest BCUT2D eigenvalue weighted by Crippen LogP contribution is -2.64. The molecule has 1 saturated heterocycles. The van der Waals surface area contributed by atoms with E-state index in [-0.39, 0.29) is 31.8 Å². The average Bonchev–Trinajstić information content (AvgIpc) is 3.19. The molecule has 5 rings (SSSR count). The van der Waals surface area contributed by atoms with Crippen LogP contribution in [0, 0.1) is 5.92 Å². The van der Waals surface area contributed by atoms with Gasteiger partial charge in [0.1, 0.15) is 11.7 Å². The molecule has 0 radical (unpaired) electrons. The van der Waals surface area contributed by atoms with Crippen molar-refractivity contribution in [2.75, 3.05) is 25.3 Å². The first-order valence-electron chi connectivity index (χ1n) is 9.91.